The number of ether oxygens (including phenoxy) is 2. The molecule has 18 heavy (non-hydrogen) atoms. The van der Waals surface area contributed by atoms with Gasteiger partial charge in [0.25, 0.3) is 0 Å². The highest BCUT2D eigenvalue weighted by molar-refractivity contribution is 9.12. The smallest absolute Gasteiger partial charge is 0.249 e. The first-order chi connectivity index (χ1) is 8.34. The predicted octanol–water partition coefficient (Wildman–Crippen LogP) is 1.22. The first kappa shape index (κ1) is 13.4. The van der Waals surface area contributed by atoms with Crippen LogP contribution < -0.4 is 14.6 Å². The first-order valence-corrected chi connectivity index (χ1v) is 6.60. The molecule has 96 valence electrons. The van der Waals surface area contributed by atoms with Crippen LogP contribution >= 0.6 is 31.9 Å². The second-order valence-electron chi connectivity index (χ2n) is 3.69. The summed E-state index contributed by atoms with van der Waals surface area (Å²) in [6.07, 6.45) is 0. The van der Waals surface area contributed by atoms with Crippen LogP contribution in [0.2, 0.25) is 0 Å². The van der Waals surface area contributed by atoms with Gasteiger partial charge < -0.3 is 19.4 Å². The SMILES string of the molecule is CC(=O)c1ccc2c(c1)OC(Br)C(Br)(C(=O)[O-])O2. The maximum Gasteiger partial charge on any atom is 0.249 e. The van der Waals surface area contributed by atoms with Crippen molar-refractivity contribution in [3.63, 3.8) is 0 Å². The van der Waals surface area contributed by atoms with E-state index in [0.29, 0.717) is 11.3 Å². The fraction of sp³-hybridized carbons (Fsp3) is 0.273. The van der Waals surface area contributed by atoms with Gasteiger partial charge in [-0.25, -0.2) is 0 Å². The molecule has 1 aliphatic rings. The Kier molecular flexibility index (Phi) is 3.37. The Hall–Kier alpha value is -1.08. The molecule has 7 heteroatoms. The van der Waals surface area contributed by atoms with Crippen molar-refractivity contribution in [3.05, 3.63) is 23.8 Å². The van der Waals surface area contributed by atoms with Crippen LogP contribution in [0.1, 0.15) is 17.3 Å². The number of benzene rings is 1. The number of alkyl halides is 2. The van der Waals surface area contributed by atoms with Crippen LogP contribution in [0.15, 0.2) is 18.2 Å². The minimum Gasteiger partial charge on any atom is -0.545 e. The van der Waals surface area contributed by atoms with Crippen LogP contribution in [-0.4, -0.2) is 21.3 Å². The maximum atomic E-state index is 11.2. The molecule has 1 aromatic carbocycles. The van der Waals surface area contributed by atoms with Gasteiger partial charge in [0.05, 0.1) is 0 Å². The zero-order chi connectivity index (χ0) is 13.5. The van der Waals surface area contributed by atoms with Crippen molar-refractivity contribution in [3.8, 4) is 11.5 Å². The van der Waals surface area contributed by atoms with Crippen molar-refractivity contribution in [2.75, 3.05) is 0 Å². The summed E-state index contributed by atoms with van der Waals surface area (Å²) in [5.41, 5.74) is 0.451. The quantitative estimate of drug-likeness (QED) is 0.571. The van der Waals surface area contributed by atoms with Crippen molar-refractivity contribution in [1.82, 2.24) is 0 Å². The van der Waals surface area contributed by atoms with E-state index in [-0.39, 0.29) is 11.5 Å². The number of aliphatic carboxylic acids is 1. The number of carbonyl (C=O) groups is 2. The Balaban J connectivity index is 2.42. The highest BCUT2D eigenvalue weighted by atomic mass is 79.9. The Morgan fingerprint density at radius 2 is 2.06 bits per heavy atom. The van der Waals surface area contributed by atoms with E-state index < -0.39 is 15.5 Å². The van der Waals surface area contributed by atoms with Gasteiger partial charge in [-0.1, -0.05) is 0 Å². The average Bonchev–Trinajstić information content (AvgIpc) is 2.29. The van der Waals surface area contributed by atoms with Gasteiger partial charge in [-0.15, -0.1) is 0 Å². The lowest BCUT2D eigenvalue weighted by molar-refractivity contribution is -0.317. The van der Waals surface area contributed by atoms with Crippen LogP contribution in [0.4, 0.5) is 0 Å². The number of hydrogen-bond acceptors (Lipinski definition) is 5. The number of carboxylic acid groups (broad SMARTS) is 1. The third kappa shape index (κ3) is 2.12. The topological polar surface area (TPSA) is 75.7 Å². The predicted molar refractivity (Wildman–Crippen MR) is 67.1 cm³/mol. The molecule has 0 saturated carbocycles. The summed E-state index contributed by atoms with van der Waals surface area (Å²) in [5, 5.41) is 10.0. The van der Waals surface area contributed by atoms with Crippen molar-refractivity contribution >= 4 is 43.6 Å². The summed E-state index contributed by atoms with van der Waals surface area (Å²) in [5.74, 6) is -1.08. The monoisotopic (exact) mass is 377 g/mol. The molecule has 0 spiro atoms. The highest BCUT2D eigenvalue weighted by Crippen LogP contribution is 2.43. The minimum absolute atomic E-state index is 0.122. The molecule has 1 aliphatic heterocycles. The lowest BCUT2D eigenvalue weighted by Crippen LogP contribution is -2.57. The van der Waals surface area contributed by atoms with Gasteiger partial charge in [-0.3, -0.25) is 4.79 Å². The van der Waals surface area contributed by atoms with Gasteiger partial charge in [0.2, 0.25) is 9.52 Å². The van der Waals surface area contributed by atoms with Crippen molar-refractivity contribution < 1.29 is 24.2 Å². The van der Waals surface area contributed by atoms with Crippen LogP contribution in [0.3, 0.4) is 0 Å². The van der Waals surface area contributed by atoms with Crippen molar-refractivity contribution in [2.45, 2.75) is 16.4 Å². The van der Waals surface area contributed by atoms with E-state index in [2.05, 4.69) is 31.9 Å². The van der Waals surface area contributed by atoms with E-state index in [4.69, 9.17) is 9.47 Å². The zero-order valence-corrected chi connectivity index (χ0v) is 12.3. The number of rotatable bonds is 2. The van der Waals surface area contributed by atoms with Crippen LogP contribution in [0.5, 0.6) is 11.5 Å². The van der Waals surface area contributed by atoms with Crippen LogP contribution in [0.25, 0.3) is 0 Å². The minimum atomic E-state index is -1.81. The van der Waals surface area contributed by atoms with Gasteiger partial charge in [0, 0.05) is 5.56 Å². The summed E-state index contributed by atoms with van der Waals surface area (Å²) < 4.78 is 8.86. The number of Topliss-reactive ketones (excluding diaryl/α,β-unsaturated/α-hetero) is 1. The Morgan fingerprint density at radius 1 is 1.39 bits per heavy atom. The summed E-state index contributed by atoms with van der Waals surface area (Å²) in [7, 11) is 0. The van der Waals surface area contributed by atoms with E-state index in [1.54, 1.807) is 0 Å². The number of halogens is 2. The van der Waals surface area contributed by atoms with E-state index in [1.165, 1.54) is 25.1 Å². The lowest BCUT2D eigenvalue weighted by atomic mass is 10.1. The number of carboxylic acids is 1. The average molecular weight is 379 g/mol. The number of ketones is 1. The molecule has 5 nitrogen and oxygen atoms in total. The molecule has 1 aromatic rings. The van der Waals surface area contributed by atoms with Gasteiger partial charge >= 0.3 is 0 Å². The Labute approximate surface area is 119 Å². The zero-order valence-electron chi connectivity index (χ0n) is 9.11. The third-order valence-corrected chi connectivity index (χ3v) is 4.76. The summed E-state index contributed by atoms with van der Waals surface area (Å²) in [4.78, 5) is 22.3. The summed E-state index contributed by atoms with van der Waals surface area (Å²) >= 11 is 5.96. The molecule has 2 atom stereocenters. The van der Waals surface area contributed by atoms with E-state index in [1.807, 2.05) is 0 Å². The molecule has 0 fully saturated rings. The number of fused-ring (bicyclic) bond motifs is 1. The third-order valence-electron chi connectivity index (χ3n) is 2.41. The van der Waals surface area contributed by atoms with E-state index in [9.17, 15) is 14.7 Å². The van der Waals surface area contributed by atoms with Crippen LogP contribution in [0, 0.1) is 0 Å². The summed E-state index contributed by atoms with van der Waals surface area (Å²) in [6.45, 7) is 1.42. The standard InChI is InChI=1S/C11H8Br2O5/c1-5(14)6-2-3-7-8(4-6)17-9(12)11(13,18-7)10(15)16/h2-4,9H,1H3,(H,15,16)/p-1. The van der Waals surface area contributed by atoms with Gasteiger partial charge in [0.15, 0.2) is 17.3 Å². The Bertz CT molecular complexity index is 530. The fourth-order valence-corrected chi connectivity index (χ4v) is 2.18. The first-order valence-electron chi connectivity index (χ1n) is 4.89. The fourth-order valence-electron chi connectivity index (χ4n) is 1.43. The Morgan fingerprint density at radius 3 is 2.61 bits per heavy atom. The van der Waals surface area contributed by atoms with Crippen molar-refractivity contribution in [1.29, 1.82) is 0 Å². The summed E-state index contributed by atoms with van der Waals surface area (Å²) in [6, 6.07) is 4.50. The molecule has 2 unspecified atom stereocenters. The van der Waals surface area contributed by atoms with Crippen LogP contribution in [-0.2, 0) is 4.79 Å². The molecule has 2 rings (SSSR count). The van der Waals surface area contributed by atoms with Crippen molar-refractivity contribution in [2.24, 2.45) is 0 Å². The molecule has 0 amide bonds. The molecule has 0 aliphatic carbocycles. The van der Waals surface area contributed by atoms with E-state index in [0.717, 1.165) is 0 Å². The molecule has 0 saturated heterocycles. The normalized spacial score (nSPS) is 25.6. The largest absolute Gasteiger partial charge is 0.545 e. The highest BCUT2D eigenvalue weighted by Gasteiger charge is 2.45. The van der Waals surface area contributed by atoms with Gasteiger partial charge in [0.1, 0.15) is 5.97 Å². The van der Waals surface area contributed by atoms with E-state index >= 15 is 0 Å². The molecular weight excluding hydrogens is 372 g/mol. The second kappa shape index (κ2) is 4.55. The molecule has 0 bridgehead atoms. The lowest BCUT2D eigenvalue weighted by Gasteiger charge is -2.38. The molecule has 0 radical (unpaired) electrons. The van der Waals surface area contributed by atoms with Gasteiger partial charge in [-0.05, 0) is 57.0 Å². The second-order valence-corrected chi connectivity index (χ2v) is 5.70. The molecule has 0 aromatic heterocycles. The number of carbonyl (C=O) groups excluding carboxylic acids is 2. The molecular formula is C11H7Br2O5-. The number of hydrogen-bond donors (Lipinski definition) is 0. The van der Waals surface area contributed by atoms with Gasteiger partial charge in [-0.2, -0.15) is 0 Å². The maximum absolute atomic E-state index is 11.2. The molecule has 0 N–H and O–H groups in total. The molecule has 1 heterocycles.